The van der Waals surface area contributed by atoms with Gasteiger partial charge in [0.2, 0.25) is 0 Å². The lowest BCUT2D eigenvalue weighted by molar-refractivity contribution is 0.0960. The molecule has 2 amide bonds. The molecule has 3 N–H and O–H groups in total. The van der Waals surface area contributed by atoms with Gasteiger partial charge in [-0.25, -0.2) is 8.78 Å². The van der Waals surface area contributed by atoms with E-state index in [1.807, 2.05) is 6.07 Å². The van der Waals surface area contributed by atoms with E-state index in [9.17, 15) is 23.6 Å². The second-order valence-corrected chi connectivity index (χ2v) is 8.35. The lowest BCUT2D eigenvalue weighted by Crippen LogP contribution is -2.21. The number of nitrogens with one attached hydrogen (secondary N) is 3. The number of hydrogen-bond acceptors (Lipinski definition) is 4. The third-order valence-electron chi connectivity index (χ3n) is 5.44. The van der Waals surface area contributed by atoms with Gasteiger partial charge in [-0.15, -0.1) is 0 Å². The number of halogens is 4. The molecular formula is C23H11Cl2F2N5O2. The van der Waals surface area contributed by atoms with Crippen LogP contribution in [0.1, 0.15) is 43.6 Å². The van der Waals surface area contributed by atoms with Gasteiger partial charge in [-0.3, -0.25) is 14.7 Å². The minimum Gasteiger partial charge on any atom is -0.341 e. The highest BCUT2D eigenvalue weighted by atomic mass is 35.5. The third-order valence-corrected chi connectivity index (χ3v) is 6.00. The summed E-state index contributed by atoms with van der Waals surface area (Å²) in [5.41, 5.74) is 1.00. The van der Waals surface area contributed by atoms with Crippen LogP contribution in [0.5, 0.6) is 0 Å². The molecule has 1 atom stereocenters. The molecular weight excluding hydrogens is 487 g/mol. The van der Waals surface area contributed by atoms with Crippen molar-refractivity contribution < 1.29 is 18.4 Å². The lowest BCUT2D eigenvalue weighted by atomic mass is 9.94. The third kappa shape index (κ3) is 3.53. The number of aromatic nitrogens is 2. The van der Waals surface area contributed by atoms with Crippen molar-refractivity contribution in [3.63, 3.8) is 0 Å². The van der Waals surface area contributed by atoms with Gasteiger partial charge in [0.25, 0.3) is 11.8 Å². The van der Waals surface area contributed by atoms with Gasteiger partial charge < -0.3 is 10.6 Å². The van der Waals surface area contributed by atoms with E-state index in [1.165, 1.54) is 30.3 Å². The SMILES string of the molecule is N#Cc1n[nH]c2c3c(c(NC(=O)c4cc(F)cc(Cl)c4)cc12)[C@@H](c1cc(F)ccc1Cl)NC3=O. The Bertz CT molecular complexity index is 1560. The standard InChI is InChI=1S/C23H11Cl2F2N5O2/c24-10-3-9(4-12(27)5-10)22(33)29-16-7-14-17(8-28)31-32-21(14)19-18(16)20(30-23(19)34)13-6-11(26)1-2-15(13)25/h1-7,20H,(H,29,33)(H,30,34)(H,31,32)/t20-/m1/s1. The molecule has 7 nitrogen and oxygen atoms in total. The average molecular weight is 498 g/mol. The number of H-pyrrole nitrogens is 1. The molecule has 11 heteroatoms. The van der Waals surface area contributed by atoms with Crippen molar-refractivity contribution in [3.8, 4) is 6.07 Å². The number of anilines is 1. The molecule has 0 spiro atoms. The van der Waals surface area contributed by atoms with Crippen molar-refractivity contribution in [2.45, 2.75) is 6.04 Å². The zero-order valence-electron chi connectivity index (χ0n) is 16.8. The van der Waals surface area contributed by atoms with Crippen LogP contribution in [0.15, 0.2) is 42.5 Å². The molecule has 0 fully saturated rings. The Kier molecular flexibility index (Phi) is 5.20. The minimum atomic E-state index is -0.921. The lowest BCUT2D eigenvalue weighted by Gasteiger charge is -2.18. The van der Waals surface area contributed by atoms with Crippen molar-refractivity contribution in [3.05, 3.63) is 92.1 Å². The first kappa shape index (κ1) is 21.8. The summed E-state index contributed by atoms with van der Waals surface area (Å²) in [4.78, 5) is 26.0. The zero-order chi connectivity index (χ0) is 24.1. The van der Waals surface area contributed by atoms with Gasteiger partial charge in [-0.2, -0.15) is 10.4 Å². The van der Waals surface area contributed by atoms with Gasteiger partial charge in [0, 0.05) is 37.8 Å². The Balaban J connectivity index is 1.73. The normalized spacial score (nSPS) is 14.6. The molecule has 0 unspecified atom stereocenters. The molecule has 2 heterocycles. The molecule has 1 aliphatic rings. The number of rotatable bonds is 3. The first-order chi connectivity index (χ1) is 16.3. The molecule has 3 aromatic carbocycles. The summed E-state index contributed by atoms with van der Waals surface area (Å²) in [6.45, 7) is 0. The van der Waals surface area contributed by atoms with Crippen molar-refractivity contribution in [2.24, 2.45) is 0 Å². The summed E-state index contributed by atoms with van der Waals surface area (Å²) in [5, 5.41) is 21.9. The smallest absolute Gasteiger partial charge is 0.255 e. The molecule has 0 aliphatic carbocycles. The number of carbonyl (C=O) groups excluding carboxylic acids is 2. The molecule has 5 rings (SSSR count). The zero-order valence-corrected chi connectivity index (χ0v) is 18.4. The van der Waals surface area contributed by atoms with Gasteiger partial charge >= 0.3 is 0 Å². The molecule has 0 saturated carbocycles. The fourth-order valence-corrected chi connectivity index (χ4v) is 4.47. The minimum absolute atomic E-state index is 0.00198. The fraction of sp³-hybridized carbons (Fsp3) is 0.0435. The Morgan fingerprint density at radius 2 is 1.91 bits per heavy atom. The number of amides is 2. The maximum atomic E-state index is 14.0. The predicted molar refractivity (Wildman–Crippen MR) is 121 cm³/mol. The van der Waals surface area contributed by atoms with E-state index in [1.54, 1.807) is 0 Å². The van der Waals surface area contributed by atoms with Crippen molar-refractivity contribution in [1.82, 2.24) is 15.5 Å². The summed E-state index contributed by atoms with van der Waals surface area (Å²) < 4.78 is 27.9. The maximum Gasteiger partial charge on any atom is 0.255 e. The Morgan fingerprint density at radius 3 is 2.65 bits per heavy atom. The number of hydrogen-bond donors (Lipinski definition) is 3. The average Bonchev–Trinajstić information content (AvgIpc) is 3.35. The second kappa shape index (κ2) is 8.09. The van der Waals surface area contributed by atoms with Crippen molar-refractivity contribution in [2.75, 3.05) is 5.32 Å². The van der Waals surface area contributed by atoms with Gasteiger partial charge in [0.1, 0.15) is 17.7 Å². The molecule has 0 radical (unpaired) electrons. The van der Waals surface area contributed by atoms with Crippen LogP contribution in [-0.4, -0.2) is 22.0 Å². The summed E-state index contributed by atoms with van der Waals surface area (Å²) in [6, 6.07) is 9.51. The predicted octanol–water partition coefficient (Wildman–Crippen LogP) is 5.10. The van der Waals surface area contributed by atoms with Crippen LogP contribution in [-0.2, 0) is 0 Å². The van der Waals surface area contributed by atoms with E-state index >= 15 is 0 Å². The second-order valence-electron chi connectivity index (χ2n) is 7.50. The molecule has 1 aliphatic heterocycles. The van der Waals surface area contributed by atoms with Gasteiger partial charge in [0.15, 0.2) is 5.69 Å². The fourth-order valence-electron chi connectivity index (χ4n) is 4.02. The summed E-state index contributed by atoms with van der Waals surface area (Å²) in [6.07, 6.45) is 0. The topological polar surface area (TPSA) is 111 Å². The quantitative estimate of drug-likeness (QED) is 0.365. The highest BCUT2D eigenvalue weighted by Gasteiger charge is 2.37. The van der Waals surface area contributed by atoms with Gasteiger partial charge in [-0.1, -0.05) is 23.2 Å². The molecule has 4 aromatic rings. The van der Waals surface area contributed by atoms with E-state index in [-0.39, 0.29) is 54.6 Å². The van der Waals surface area contributed by atoms with Crippen LogP contribution < -0.4 is 10.6 Å². The maximum absolute atomic E-state index is 14.0. The summed E-state index contributed by atoms with van der Waals surface area (Å²) in [5.74, 6) is -2.53. The Morgan fingerprint density at radius 1 is 1.12 bits per heavy atom. The molecule has 34 heavy (non-hydrogen) atoms. The van der Waals surface area contributed by atoms with Crippen LogP contribution in [0.25, 0.3) is 10.9 Å². The summed E-state index contributed by atoms with van der Waals surface area (Å²) in [7, 11) is 0. The van der Waals surface area contributed by atoms with Crippen LogP contribution in [0.4, 0.5) is 14.5 Å². The summed E-state index contributed by atoms with van der Waals surface area (Å²) >= 11 is 12.2. The number of fused-ring (bicyclic) bond motifs is 3. The van der Waals surface area contributed by atoms with E-state index < -0.39 is 29.5 Å². The number of nitriles is 1. The highest BCUT2D eigenvalue weighted by molar-refractivity contribution is 6.32. The van der Waals surface area contributed by atoms with Crippen molar-refractivity contribution >= 4 is 51.6 Å². The number of aromatic amines is 1. The molecule has 1 aromatic heterocycles. The van der Waals surface area contributed by atoms with E-state index in [2.05, 4.69) is 20.8 Å². The largest absolute Gasteiger partial charge is 0.341 e. The highest BCUT2D eigenvalue weighted by Crippen LogP contribution is 2.42. The van der Waals surface area contributed by atoms with E-state index in [0.29, 0.717) is 0 Å². The molecule has 0 bridgehead atoms. The van der Waals surface area contributed by atoms with Crippen molar-refractivity contribution in [1.29, 1.82) is 5.26 Å². The number of nitrogens with zero attached hydrogens (tertiary/aromatic N) is 2. The number of benzene rings is 3. The van der Waals surface area contributed by atoms with E-state index in [0.717, 1.165) is 12.1 Å². The first-order valence-electron chi connectivity index (χ1n) is 9.75. The van der Waals surface area contributed by atoms with Crippen LogP contribution in [0.3, 0.4) is 0 Å². The van der Waals surface area contributed by atoms with Gasteiger partial charge in [0.05, 0.1) is 17.1 Å². The Hall–Kier alpha value is -4.00. The monoisotopic (exact) mass is 497 g/mol. The van der Waals surface area contributed by atoms with Gasteiger partial charge in [-0.05, 0) is 42.5 Å². The molecule has 168 valence electrons. The first-order valence-corrected chi connectivity index (χ1v) is 10.5. The van der Waals surface area contributed by atoms with Crippen LogP contribution in [0, 0.1) is 23.0 Å². The molecule has 0 saturated heterocycles. The van der Waals surface area contributed by atoms with Crippen LogP contribution >= 0.6 is 23.2 Å². The number of carbonyl (C=O) groups is 2. The van der Waals surface area contributed by atoms with Crippen LogP contribution in [0.2, 0.25) is 10.0 Å². The Labute approximate surface area is 200 Å². The van der Waals surface area contributed by atoms with E-state index in [4.69, 9.17) is 23.2 Å².